The van der Waals surface area contributed by atoms with E-state index in [9.17, 15) is 0 Å². The Kier molecular flexibility index (Phi) is 4.18. The van der Waals surface area contributed by atoms with Crippen LogP contribution in [-0.2, 0) is 6.61 Å². The number of fused-ring (bicyclic) bond motifs is 3. The first-order chi connectivity index (χ1) is 13.8. The molecule has 3 aromatic carbocycles. The summed E-state index contributed by atoms with van der Waals surface area (Å²) in [6, 6.07) is 25.8. The van der Waals surface area contributed by atoms with Gasteiger partial charge in [0.15, 0.2) is 0 Å². The molecule has 0 aliphatic heterocycles. The predicted molar refractivity (Wildman–Crippen MR) is 112 cm³/mol. The molecule has 0 saturated carbocycles. The van der Waals surface area contributed by atoms with Gasteiger partial charge in [0, 0.05) is 16.0 Å². The van der Waals surface area contributed by atoms with E-state index in [0.29, 0.717) is 11.6 Å². The van der Waals surface area contributed by atoms with Gasteiger partial charge in [-0.25, -0.2) is 4.98 Å². The fraction of sp³-hybridized carbons (Fsp3) is 0.0435. The van der Waals surface area contributed by atoms with Crippen LogP contribution in [0.25, 0.3) is 33.1 Å². The smallest absolute Gasteiger partial charge is 0.142 e. The van der Waals surface area contributed by atoms with Gasteiger partial charge in [-0.1, -0.05) is 77.1 Å². The molecule has 0 radical (unpaired) electrons. The SMILES string of the molecule is Clc1cccc(-c2nc3ccccc3c3c2cnn3OCc2ccccc2)c1. The molecule has 5 heteroatoms. The minimum atomic E-state index is 0.431. The van der Waals surface area contributed by atoms with E-state index in [2.05, 4.69) is 5.10 Å². The average Bonchev–Trinajstić information content (AvgIpc) is 3.17. The van der Waals surface area contributed by atoms with Crippen molar-refractivity contribution in [3.05, 3.63) is 95.6 Å². The molecule has 5 aromatic rings. The molecular formula is C23H16ClN3O. The zero-order chi connectivity index (χ0) is 18.9. The van der Waals surface area contributed by atoms with Crippen LogP contribution in [0.15, 0.2) is 85.1 Å². The molecule has 0 N–H and O–H groups in total. The summed E-state index contributed by atoms with van der Waals surface area (Å²) in [6.07, 6.45) is 1.80. The van der Waals surface area contributed by atoms with Crippen molar-refractivity contribution in [3.8, 4) is 11.3 Å². The fourth-order valence-electron chi connectivity index (χ4n) is 3.37. The van der Waals surface area contributed by atoms with E-state index in [4.69, 9.17) is 21.4 Å². The number of nitrogens with zero attached hydrogens (tertiary/aromatic N) is 3. The van der Waals surface area contributed by atoms with E-state index in [0.717, 1.165) is 38.6 Å². The van der Waals surface area contributed by atoms with Gasteiger partial charge >= 0.3 is 0 Å². The highest BCUT2D eigenvalue weighted by atomic mass is 35.5. The molecule has 0 saturated heterocycles. The standard InChI is InChI=1S/C23H16ClN3O/c24-18-10-6-9-17(13-18)22-20-14-25-27(28-15-16-7-2-1-3-8-16)23(20)19-11-4-5-12-21(19)26-22/h1-14H,15H2. The Labute approximate surface area is 166 Å². The largest absolute Gasteiger partial charge is 0.391 e. The number of para-hydroxylation sites is 1. The maximum atomic E-state index is 6.21. The summed E-state index contributed by atoms with van der Waals surface area (Å²) in [5, 5.41) is 7.08. The Morgan fingerprint density at radius 1 is 0.857 bits per heavy atom. The highest BCUT2D eigenvalue weighted by Crippen LogP contribution is 2.33. The lowest BCUT2D eigenvalue weighted by Gasteiger charge is -2.10. The number of hydrogen-bond acceptors (Lipinski definition) is 3. The molecule has 0 spiro atoms. The van der Waals surface area contributed by atoms with Crippen LogP contribution in [0.4, 0.5) is 0 Å². The lowest BCUT2D eigenvalue weighted by atomic mass is 10.1. The zero-order valence-electron chi connectivity index (χ0n) is 14.9. The fourth-order valence-corrected chi connectivity index (χ4v) is 3.56. The van der Waals surface area contributed by atoms with E-state index in [1.807, 2.05) is 78.9 Å². The summed E-state index contributed by atoms with van der Waals surface area (Å²) in [5.74, 6) is 0. The maximum absolute atomic E-state index is 6.21. The maximum Gasteiger partial charge on any atom is 0.142 e. The van der Waals surface area contributed by atoms with E-state index < -0.39 is 0 Å². The third-order valence-electron chi connectivity index (χ3n) is 4.68. The lowest BCUT2D eigenvalue weighted by Crippen LogP contribution is -2.12. The van der Waals surface area contributed by atoms with Crippen molar-refractivity contribution in [2.75, 3.05) is 0 Å². The Bertz CT molecular complexity index is 1280. The highest BCUT2D eigenvalue weighted by molar-refractivity contribution is 6.31. The molecule has 4 nitrogen and oxygen atoms in total. The number of hydrogen-bond donors (Lipinski definition) is 0. The van der Waals surface area contributed by atoms with Gasteiger partial charge in [-0.05, 0) is 23.8 Å². The monoisotopic (exact) mass is 385 g/mol. The molecule has 28 heavy (non-hydrogen) atoms. The van der Waals surface area contributed by atoms with Gasteiger partial charge in [-0.3, -0.25) is 0 Å². The summed E-state index contributed by atoms with van der Waals surface area (Å²) in [5.41, 5.74) is 4.66. The second-order valence-corrected chi connectivity index (χ2v) is 6.96. The predicted octanol–water partition coefficient (Wildman–Crippen LogP) is 5.53. The Hall–Kier alpha value is -3.37. The van der Waals surface area contributed by atoms with Crippen molar-refractivity contribution in [2.24, 2.45) is 0 Å². The molecule has 0 amide bonds. The topological polar surface area (TPSA) is 39.9 Å². The number of halogens is 1. The molecule has 2 aromatic heterocycles. The van der Waals surface area contributed by atoms with Crippen molar-refractivity contribution >= 4 is 33.4 Å². The van der Waals surface area contributed by atoms with Gasteiger partial charge in [0.25, 0.3) is 0 Å². The molecule has 2 heterocycles. The van der Waals surface area contributed by atoms with Gasteiger partial charge in [0.05, 0.1) is 22.8 Å². The van der Waals surface area contributed by atoms with Crippen LogP contribution in [0.1, 0.15) is 5.56 Å². The highest BCUT2D eigenvalue weighted by Gasteiger charge is 2.16. The summed E-state index contributed by atoms with van der Waals surface area (Å²) in [6.45, 7) is 0.431. The number of rotatable bonds is 4. The summed E-state index contributed by atoms with van der Waals surface area (Å²) in [7, 11) is 0. The van der Waals surface area contributed by atoms with Crippen LogP contribution in [0.5, 0.6) is 0 Å². The molecule has 5 rings (SSSR count). The first kappa shape index (κ1) is 16.8. The van der Waals surface area contributed by atoms with Crippen LogP contribution in [0.2, 0.25) is 5.02 Å². The number of pyridine rings is 1. The van der Waals surface area contributed by atoms with Crippen molar-refractivity contribution in [1.82, 2.24) is 14.9 Å². The van der Waals surface area contributed by atoms with Crippen LogP contribution in [-0.4, -0.2) is 14.9 Å². The van der Waals surface area contributed by atoms with Gasteiger partial charge in [-0.2, -0.15) is 0 Å². The van der Waals surface area contributed by atoms with Gasteiger partial charge in [0.1, 0.15) is 12.1 Å². The quantitative estimate of drug-likeness (QED) is 0.408. The molecule has 0 aliphatic carbocycles. The Morgan fingerprint density at radius 2 is 1.68 bits per heavy atom. The molecule has 0 fully saturated rings. The third-order valence-corrected chi connectivity index (χ3v) is 4.91. The van der Waals surface area contributed by atoms with Crippen molar-refractivity contribution in [1.29, 1.82) is 0 Å². The van der Waals surface area contributed by atoms with Crippen molar-refractivity contribution < 1.29 is 4.84 Å². The normalized spacial score (nSPS) is 11.2. The van der Waals surface area contributed by atoms with E-state index in [-0.39, 0.29) is 0 Å². The third kappa shape index (κ3) is 2.98. The molecule has 0 atom stereocenters. The molecule has 0 bridgehead atoms. The zero-order valence-corrected chi connectivity index (χ0v) is 15.7. The molecular weight excluding hydrogens is 370 g/mol. The Morgan fingerprint density at radius 3 is 2.54 bits per heavy atom. The summed E-state index contributed by atoms with van der Waals surface area (Å²) in [4.78, 5) is 12.5. The minimum Gasteiger partial charge on any atom is -0.391 e. The lowest BCUT2D eigenvalue weighted by molar-refractivity contribution is 0.0799. The summed E-state index contributed by atoms with van der Waals surface area (Å²) >= 11 is 6.21. The van der Waals surface area contributed by atoms with E-state index in [1.165, 1.54) is 0 Å². The van der Waals surface area contributed by atoms with Gasteiger partial charge < -0.3 is 4.84 Å². The first-order valence-electron chi connectivity index (χ1n) is 8.99. The molecule has 0 unspecified atom stereocenters. The molecule has 0 aliphatic rings. The Balaban J connectivity index is 1.69. The van der Waals surface area contributed by atoms with Gasteiger partial charge in [-0.15, -0.1) is 5.10 Å². The first-order valence-corrected chi connectivity index (χ1v) is 9.37. The number of benzene rings is 3. The van der Waals surface area contributed by atoms with E-state index >= 15 is 0 Å². The van der Waals surface area contributed by atoms with Crippen LogP contribution in [0, 0.1) is 0 Å². The van der Waals surface area contributed by atoms with Crippen LogP contribution in [0.3, 0.4) is 0 Å². The van der Waals surface area contributed by atoms with Crippen molar-refractivity contribution in [3.63, 3.8) is 0 Å². The average molecular weight is 386 g/mol. The second kappa shape index (κ2) is 6.98. The van der Waals surface area contributed by atoms with Crippen molar-refractivity contribution in [2.45, 2.75) is 6.61 Å². The summed E-state index contributed by atoms with van der Waals surface area (Å²) < 4.78 is 0. The number of aromatic nitrogens is 3. The van der Waals surface area contributed by atoms with Gasteiger partial charge in [0.2, 0.25) is 0 Å². The minimum absolute atomic E-state index is 0.431. The second-order valence-electron chi connectivity index (χ2n) is 6.53. The van der Waals surface area contributed by atoms with Crippen LogP contribution < -0.4 is 4.84 Å². The van der Waals surface area contributed by atoms with E-state index in [1.54, 1.807) is 11.0 Å². The van der Waals surface area contributed by atoms with Crippen LogP contribution >= 0.6 is 11.6 Å². The molecule has 136 valence electrons.